The summed E-state index contributed by atoms with van der Waals surface area (Å²) in [5.74, 6) is 1.20. The minimum absolute atomic E-state index is 0.205. The van der Waals surface area contributed by atoms with Crippen LogP contribution in [0, 0.1) is 0 Å². The molecule has 1 N–H and O–H groups in total. The van der Waals surface area contributed by atoms with Crippen LogP contribution in [-0.2, 0) is 24.2 Å². The molecule has 0 fully saturated rings. The molecule has 0 saturated heterocycles. The molecule has 0 radical (unpaired) electrons. The Kier molecular flexibility index (Phi) is 9.55. The maximum atomic E-state index is 14.1. The molecule has 0 spiro atoms. The number of rotatable bonds is 11. The average molecular weight is 563 g/mol. The lowest BCUT2D eigenvalue weighted by atomic mass is 9.92. The van der Waals surface area contributed by atoms with Crippen molar-refractivity contribution in [2.45, 2.75) is 58.5 Å². The van der Waals surface area contributed by atoms with E-state index in [0.29, 0.717) is 42.4 Å². The number of nitrogens with one attached hydrogen (secondary N) is 1. The van der Waals surface area contributed by atoms with Gasteiger partial charge in [-0.05, 0) is 78.9 Å². The quantitative estimate of drug-likeness (QED) is 0.189. The molecule has 0 aromatic heterocycles. The van der Waals surface area contributed by atoms with Gasteiger partial charge in [-0.3, -0.25) is 9.59 Å². The van der Waals surface area contributed by atoms with E-state index in [1.54, 1.807) is 23.1 Å². The molecule has 1 heterocycles. The van der Waals surface area contributed by atoms with Gasteiger partial charge in [0, 0.05) is 24.2 Å². The lowest BCUT2D eigenvalue weighted by molar-refractivity contribution is -0.121. The number of unbranched alkanes of at least 4 members (excludes halogenated alkanes) is 2. The molecule has 5 rings (SSSR count). The third-order valence-corrected chi connectivity index (χ3v) is 7.56. The van der Waals surface area contributed by atoms with E-state index in [2.05, 4.69) is 24.4 Å². The number of carbonyl (C=O) groups excluding carboxylic acids is 2. The van der Waals surface area contributed by atoms with E-state index in [1.165, 1.54) is 18.4 Å². The molecule has 0 unspecified atom stereocenters. The van der Waals surface area contributed by atoms with Gasteiger partial charge in [0.15, 0.2) is 11.5 Å². The van der Waals surface area contributed by atoms with Crippen molar-refractivity contribution in [2.24, 2.45) is 0 Å². The Bertz CT molecular complexity index is 1500. The molecule has 6 nitrogen and oxygen atoms in total. The van der Waals surface area contributed by atoms with E-state index in [9.17, 15) is 9.59 Å². The fourth-order valence-electron chi connectivity index (χ4n) is 5.31. The highest BCUT2D eigenvalue weighted by Gasteiger charge is 2.35. The summed E-state index contributed by atoms with van der Waals surface area (Å²) in [6.07, 6.45) is 5.02. The number of amides is 2. The van der Waals surface area contributed by atoms with Crippen molar-refractivity contribution in [3.63, 3.8) is 0 Å². The van der Waals surface area contributed by atoms with E-state index in [-0.39, 0.29) is 11.8 Å². The molecule has 4 aromatic rings. The Morgan fingerprint density at radius 3 is 2.31 bits per heavy atom. The van der Waals surface area contributed by atoms with Crippen LogP contribution in [0.15, 0.2) is 97.1 Å². The molecule has 0 bridgehead atoms. The number of fused-ring (bicyclic) bond motifs is 1. The highest BCUT2D eigenvalue weighted by molar-refractivity contribution is 6.02. The van der Waals surface area contributed by atoms with Gasteiger partial charge in [-0.1, -0.05) is 74.4 Å². The van der Waals surface area contributed by atoms with E-state index in [1.807, 2.05) is 73.7 Å². The Morgan fingerprint density at radius 1 is 0.833 bits per heavy atom. The van der Waals surface area contributed by atoms with Crippen LogP contribution in [0.5, 0.6) is 17.2 Å². The fourth-order valence-corrected chi connectivity index (χ4v) is 5.31. The van der Waals surface area contributed by atoms with Crippen LogP contribution in [0.1, 0.15) is 60.2 Å². The number of aryl methyl sites for hydroxylation is 1. The predicted octanol–water partition coefficient (Wildman–Crippen LogP) is 7.82. The van der Waals surface area contributed by atoms with E-state index in [0.717, 1.165) is 29.7 Å². The molecule has 216 valence electrons. The highest BCUT2D eigenvalue weighted by Crippen LogP contribution is 2.34. The van der Waals surface area contributed by atoms with Crippen molar-refractivity contribution in [3.8, 4) is 17.2 Å². The van der Waals surface area contributed by atoms with Crippen LogP contribution in [-0.4, -0.2) is 29.4 Å². The predicted molar refractivity (Wildman–Crippen MR) is 166 cm³/mol. The number of anilines is 1. The number of hydrogen-bond acceptors (Lipinski definition) is 4. The van der Waals surface area contributed by atoms with Crippen LogP contribution >= 0.6 is 0 Å². The third kappa shape index (κ3) is 7.00. The first-order chi connectivity index (χ1) is 20.6. The second-order valence-electron chi connectivity index (χ2n) is 10.6. The van der Waals surface area contributed by atoms with Crippen molar-refractivity contribution >= 4 is 17.5 Å². The summed E-state index contributed by atoms with van der Waals surface area (Å²) < 4.78 is 11.9. The van der Waals surface area contributed by atoms with Gasteiger partial charge in [0.25, 0.3) is 5.91 Å². The standard InChI is InChI=1S/C36H38N2O4/c1-3-5-7-12-26-17-20-30(21-18-26)37-35(39)32-23-27-13-10-11-14-29(27)25-38(32)36(40)28-19-22-33(41-4-2)34(24-28)42-31-15-8-6-9-16-31/h6,8-11,13-22,24,32H,3-5,7,12,23,25H2,1-2H3,(H,37,39)/t32-/m0/s1. The van der Waals surface area contributed by atoms with Gasteiger partial charge >= 0.3 is 0 Å². The molecule has 4 aromatic carbocycles. The Labute approximate surface area is 248 Å². The van der Waals surface area contributed by atoms with Gasteiger partial charge < -0.3 is 19.7 Å². The lowest BCUT2D eigenvalue weighted by Crippen LogP contribution is -2.50. The summed E-state index contributed by atoms with van der Waals surface area (Å²) in [6.45, 7) is 4.90. The molecule has 1 aliphatic rings. The molecular formula is C36H38N2O4. The summed E-state index contributed by atoms with van der Waals surface area (Å²) in [7, 11) is 0. The highest BCUT2D eigenvalue weighted by atomic mass is 16.5. The summed E-state index contributed by atoms with van der Waals surface area (Å²) >= 11 is 0. The number of benzene rings is 4. The molecule has 42 heavy (non-hydrogen) atoms. The first kappa shape index (κ1) is 28.9. The van der Waals surface area contributed by atoms with Crippen LogP contribution in [0.3, 0.4) is 0 Å². The summed E-state index contributed by atoms with van der Waals surface area (Å²) in [4.78, 5) is 29.5. The molecule has 2 amide bonds. The van der Waals surface area contributed by atoms with Gasteiger partial charge in [0.05, 0.1) is 6.61 Å². The van der Waals surface area contributed by atoms with Gasteiger partial charge in [-0.25, -0.2) is 0 Å². The van der Waals surface area contributed by atoms with Crippen molar-refractivity contribution in [1.82, 2.24) is 4.90 Å². The average Bonchev–Trinajstić information content (AvgIpc) is 3.02. The SMILES string of the molecule is CCCCCc1ccc(NC(=O)[C@@H]2Cc3ccccc3CN2C(=O)c2ccc(OCC)c(Oc3ccccc3)c2)cc1. The van der Waals surface area contributed by atoms with Gasteiger partial charge in [-0.15, -0.1) is 0 Å². The molecular weight excluding hydrogens is 524 g/mol. The molecule has 6 heteroatoms. The Balaban J connectivity index is 1.39. The number of nitrogens with zero attached hydrogens (tertiary/aromatic N) is 1. The van der Waals surface area contributed by atoms with Crippen LogP contribution < -0.4 is 14.8 Å². The summed E-state index contributed by atoms with van der Waals surface area (Å²) in [6, 6.07) is 29.9. The van der Waals surface area contributed by atoms with Gasteiger partial charge in [-0.2, -0.15) is 0 Å². The smallest absolute Gasteiger partial charge is 0.254 e. The normalized spacial score (nSPS) is 14.1. The lowest BCUT2D eigenvalue weighted by Gasteiger charge is -2.36. The minimum atomic E-state index is -0.665. The second kappa shape index (κ2) is 13.9. The fraction of sp³-hybridized carbons (Fsp3) is 0.278. The Hall–Kier alpha value is -4.58. The second-order valence-corrected chi connectivity index (χ2v) is 10.6. The van der Waals surface area contributed by atoms with Crippen LogP contribution in [0.4, 0.5) is 5.69 Å². The zero-order valence-corrected chi connectivity index (χ0v) is 24.3. The molecule has 1 atom stereocenters. The zero-order chi connectivity index (χ0) is 29.3. The first-order valence-corrected chi connectivity index (χ1v) is 14.8. The van der Waals surface area contributed by atoms with Crippen LogP contribution in [0.25, 0.3) is 0 Å². The molecule has 0 saturated carbocycles. The number of para-hydroxylation sites is 1. The van der Waals surface area contributed by atoms with Gasteiger partial charge in [0.1, 0.15) is 11.8 Å². The largest absolute Gasteiger partial charge is 0.490 e. The van der Waals surface area contributed by atoms with E-state index in [4.69, 9.17) is 9.47 Å². The summed E-state index contributed by atoms with van der Waals surface area (Å²) in [5.41, 5.74) is 4.53. The molecule has 1 aliphatic heterocycles. The van der Waals surface area contributed by atoms with Crippen molar-refractivity contribution < 1.29 is 19.1 Å². The van der Waals surface area contributed by atoms with Crippen molar-refractivity contribution in [1.29, 1.82) is 0 Å². The van der Waals surface area contributed by atoms with Crippen molar-refractivity contribution in [2.75, 3.05) is 11.9 Å². The van der Waals surface area contributed by atoms with Crippen molar-refractivity contribution in [3.05, 3.63) is 119 Å². The maximum absolute atomic E-state index is 14.1. The van der Waals surface area contributed by atoms with Gasteiger partial charge in [0.2, 0.25) is 5.91 Å². The van der Waals surface area contributed by atoms with E-state index < -0.39 is 6.04 Å². The van der Waals surface area contributed by atoms with E-state index >= 15 is 0 Å². The summed E-state index contributed by atoms with van der Waals surface area (Å²) in [5, 5.41) is 3.07. The minimum Gasteiger partial charge on any atom is -0.490 e. The number of carbonyl (C=O) groups is 2. The topological polar surface area (TPSA) is 67.9 Å². The number of ether oxygens (including phenoxy) is 2. The first-order valence-electron chi connectivity index (χ1n) is 14.8. The third-order valence-electron chi connectivity index (χ3n) is 7.56. The Morgan fingerprint density at radius 2 is 1.57 bits per heavy atom. The molecule has 0 aliphatic carbocycles. The monoisotopic (exact) mass is 562 g/mol. The maximum Gasteiger partial charge on any atom is 0.254 e. The zero-order valence-electron chi connectivity index (χ0n) is 24.3. The number of hydrogen-bond donors (Lipinski definition) is 1. The van der Waals surface area contributed by atoms with Crippen LogP contribution in [0.2, 0.25) is 0 Å².